The van der Waals surface area contributed by atoms with Crippen LogP contribution in [-0.4, -0.2) is 41.9 Å². The first-order chi connectivity index (χ1) is 11.1. The maximum Gasteiger partial charge on any atom is 0.256 e. The Bertz CT molecular complexity index is 701. The van der Waals surface area contributed by atoms with Crippen LogP contribution in [0.2, 0.25) is 0 Å². The number of rotatable bonds is 3. The summed E-state index contributed by atoms with van der Waals surface area (Å²) in [4.78, 5) is 16.9. The first-order valence-corrected chi connectivity index (χ1v) is 8.05. The number of amides is 1. The Kier molecular flexibility index (Phi) is 8.23. The van der Waals surface area contributed by atoms with Crippen LogP contribution in [0, 0.1) is 6.92 Å². The number of anilines is 1. The zero-order valence-corrected chi connectivity index (χ0v) is 16.0. The third-order valence-electron chi connectivity index (χ3n) is 4.34. The van der Waals surface area contributed by atoms with E-state index in [2.05, 4.69) is 36.1 Å². The lowest BCUT2D eigenvalue weighted by molar-refractivity contribution is 0.0629. The fourth-order valence-electron chi connectivity index (χ4n) is 3.04. The molecule has 1 aliphatic rings. The highest BCUT2D eigenvalue weighted by Gasteiger charge is 2.23. The van der Waals surface area contributed by atoms with E-state index in [1.165, 1.54) is 11.1 Å². The van der Waals surface area contributed by atoms with Gasteiger partial charge < -0.3 is 10.6 Å². The van der Waals surface area contributed by atoms with E-state index in [0.29, 0.717) is 11.3 Å². The van der Waals surface area contributed by atoms with Crippen LogP contribution in [0.1, 0.15) is 21.5 Å². The van der Waals surface area contributed by atoms with Crippen molar-refractivity contribution in [2.75, 3.05) is 31.9 Å². The summed E-state index contributed by atoms with van der Waals surface area (Å²) in [5.41, 5.74) is 9.70. The summed E-state index contributed by atoms with van der Waals surface area (Å²) < 4.78 is 0. The summed E-state index contributed by atoms with van der Waals surface area (Å²) >= 11 is 0. The van der Waals surface area contributed by atoms with E-state index in [0.717, 1.165) is 32.7 Å². The Morgan fingerprint density at radius 2 is 1.68 bits per heavy atom. The topological polar surface area (TPSA) is 49.6 Å². The van der Waals surface area contributed by atoms with Gasteiger partial charge in [0.05, 0.1) is 5.56 Å². The third-order valence-corrected chi connectivity index (χ3v) is 4.34. The van der Waals surface area contributed by atoms with Gasteiger partial charge in [-0.25, -0.2) is 0 Å². The van der Waals surface area contributed by atoms with Gasteiger partial charge >= 0.3 is 0 Å². The van der Waals surface area contributed by atoms with Crippen LogP contribution in [0.25, 0.3) is 0 Å². The average molecular weight is 382 g/mol. The lowest BCUT2D eigenvalue weighted by Gasteiger charge is -2.35. The lowest BCUT2D eigenvalue weighted by atomic mass is 10.1. The van der Waals surface area contributed by atoms with Crippen molar-refractivity contribution in [3.05, 3.63) is 65.2 Å². The fraction of sp³-hybridized carbons (Fsp3) is 0.316. The molecule has 0 aromatic heterocycles. The summed E-state index contributed by atoms with van der Waals surface area (Å²) in [7, 11) is 0. The smallest absolute Gasteiger partial charge is 0.256 e. The summed E-state index contributed by atoms with van der Waals surface area (Å²) in [5, 5.41) is 0. The molecule has 1 amide bonds. The Labute approximate surface area is 161 Å². The van der Waals surface area contributed by atoms with Crippen LogP contribution >= 0.6 is 24.8 Å². The van der Waals surface area contributed by atoms with Crippen molar-refractivity contribution in [1.82, 2.24) is 9.80 Å². The second-order valence-electron chi connectivity index (χ2n) is 6.14. The molecule has 0 aliphatic carbocycles. The quantitative estimate of drug-likeness (QED) is 0.828. The summed E-state index contributed by atoms with van der Waals surface area (Å²) in [6.07, 6.45) is 0. The highest BCUT2D eigenvalue weighted by molar-refractivity contribution is 5.99. The molecule has 0 saturated carbocycles. The number of aryl methyl sites for hydroxylation is 1. The zero-order valence-electron chi connectivity index (χ0n) is 14.4. The molecule has 0 bridgehead atoms. The molecule has 0 atom stereocenters. The van der Waals surface area contributed by atoms with Crippen LogP contribution in [0.15, 0.2) is 48.5 Å². The third kappa shape index (κ3) is 5.36. The molecule has 25 heavy (non-hydrogen) atoms. The monoisotopic (exact) mass is 381 g/mol. The summed E-state index contributed by atoms with van der Waals surface area (Å²) in [6, 6.07) is 15.9. The first-order valence-electron chi connectivity index (χ1n) is 8.05. The Morgan fingerprint density at radius 3 is 2.32 bits per heavy atom. The van der Waals surface area contributed by atoms with E-state index in [1.54, 1.807) is 12.1 Å². The molecule has 2 N–H and O–H groups in total. The van der Waals surface area contributed by atoms with Gasteiger partial charge in [-0.05, 0) is 24.6 Å². The summed E-state index contributed by atoms with van der Waals surface area (Å²) in [5.74, 6) is 0.0401. The van der Waals surface area contributed by atoms with Crippen molar-refractivity contribution in [3.63, 3.8) is 0 Å². The van der Waals surface area contributed by atoms with Crippen LogP contribution in [-0.2, 0) is 6.54 Å². The number of carbonyl (C=O) groups is 1. The van der Waals surface area contributed by atoms with E-state index >= 15 is 0 Å². The van der Waals surface area contributed by atoms with Crippen LogP contribution in [0.3, 0.4) is 0 Å². The van der Waals surface area contributed by atoms with Crippen LogP contribution in [0.4, 0.5) is 5.69 Å². The van der Waals surface area contributed by atoms with Gasteiger partial charge in [0.15, 0.2) is 0 Å². The molecule has 6 heteroatoms. The highest BCUT2D eigenvalue weighted by Crippen LogP contribution is 2.16. The van der Waals surface area contributed by atoms with Gasteiger partial charge in [0, 0.05) is 38.4 Å². The van der Waals surface area contributed by atoms with Gasteiger partial charge in [-0.3, -0.25) is 9.69 Å². The number of nitrogen functional groups attached to an aromatic ring is 1. The molecule has 4 nitrogen and oxygen atoms in total. The second kappa shape index (κ2) is 9.66. The number of piperazine rings is 1. The Hall–Kier alpha value is -1.75. The average Bonchev–Trinajstić information content (AvgIpc) is 2.55. The maximum atomic E-state index is 12.6. The van der Waals surface area contributed by atoms with Crippen molar-refractivity contribution in [2.24, 2.45) is 0 Å². The number of halogens is 2. The normalized spacial score (nSPS) is 14.4. The molecule has 0 spiro atoms. The number of para-hydroxylation sites is 1. The highest BCUT2D eigenvalue weighted by atomic mass is 35.5. The van der Waals surface area contributed by atoms with Gasteiger partial charge in [-0.2, -0.15) is 0 Å². The predicted octanol–water partition coefficient (Wildman–Crippen LogP) is 3.38. The lowest BCUT2D eigenvalue weighted by Crippen LogP contribution is -2.48. The van der Waals surface area contributed by atoms with Gasteiger partial charge in [-0.15, -0.1) is 24.8 Å². The number of benzene rings is 2. The standard InChI is InChI=1S/C19H23N3O.2ClH/c1-15-5-4-6-16(13-15)14-21-9-11-22(12-10-21)19(23)17-7-2-3-8-18(17)20;;/h2-8,13H,9-12,14,20H2,1H3;2*1H. The molecule has 1 aliphatic heterocycles. The van der Waals surface area contributed by atoms with E-state index in [4.69, 9.17) is 5.73 Å². The van der Waals surface area contributed by atoms with Gasteiger partial charge in [0.1, 0.15) is 0 Å². The number of hydrogen-bond acceptors (Lipinski definition) is 3. The van der Waals surface area contributed by atoms with Crippen molar-refractivity contribution in [2.45, 2.75) is 13.5 Å². The minimum atomic E-state index is 0. The van der Waals surface area contributed by atoms with E-state index in [9.17, 15) is 4.79 Å². The van der Waals surface area contributed by atoms with Crippen molar-refractivity contribution < 1.29 is 4.79 Å². The number of nitrogens with zero attached hydrogens (tertiary/aromatic N) is 2. The molecule has 2 aromatic carbocycles. The minimum Gasteiger partial charge on any atom is -0.398 e. The molecular weight excluding hydrogens is 357 g/mol. The maximum absolute atomic E-state index is 12.6. The second-order valence-corrected chi connectivity index (χ2v) is 6.14. The van der Waals surface area contributed by atoms with E-state index in [-0.39, 0.29) is 30.7 Å². The van der Waals surface area contributed by atoms with E-state index in [1.807, 2.05) is 17.0 Å². The van der Waals surface area contributed by atoms with Crippen molar-refractivity contribution in [1.29, 1.82) is 0 Å². The molecule has 3 rings (SSSR count). The Morgan fingerprint density at radius 1 is 1.00 bits per heavy atom. The predicted molar refractivity (Wildman–Crippen MR) is 108 cm³/mol. The molecule has 136 valence electrons. The van der Waals surface area contributed by atoms with Crippen molar-refractivity contribution >= 4 is 36.4 Å². The number of hydrogen-bond donors (Lipinski definition) is 1. The van der Waals surface area contributed by atoms with Gasteiger partial charge in [0.25, 0.3) is 5.91 Å². The van der Waals surface area contributed by atoms with Gasteiger partial charge in [-0.1, -0.05) is 42.0 Å². The zero-order chi connectivity index (χ0) is 16.2. The SMILES string of the molecule is Cc1cccc(CN2CCN(C(=O)c3ccccc3N)CC2)c1.Cl.Cl. The molecule has 1 saturated heterocycles. The fourth-order valence-corrected chi connectivity index (χ4v) is 3.04. The largest absolute Gasteiger partial charge is 0.398 e. The molecule has 0 radical (unpaired) electrons. The molecule has 1 heterocycles. The Balaban J connectivity index is 0.00000156. The number of nitrogens with two attached hydrogens (primary N) is 1. The van der Waals surface area contributed by atoms with Crippen LogP contribution in [0.5, 0.6) is 0 Å². The minimum absolute atomic E-state index is 0. The molecule has 1 fully saturated rings. The van der Waals surface area contributed by atoms with Gasteiger partial charge in [0.2, 0.25) is 0 Å². The van der Waals surface area contributed by atoms with Crippen molar-refractivity contribution in [3.8, 4) is 0 Å². The molecule has 0 unspecified atom stereocenters. The summed E-state index contributed by atoms with van der Waals surface area (Å²) in [6.45, 7) is 6.35. The van der Waals surface area contributed by atoms with Crippen LogP contribution < -0.4 is 5.73 Å². The van der Waals surface area contributed by atoms with E-state index < -0.39 is 0 Å². The molecular formula is C19H25Cl2N3O. The number of carbonyl (C=O) groups excluding carboxylic acids is 1. The first kappa shape index (κ1) is 21.3. The molecule has 2 aromatic rings.